The zero-order valence-electron chi connectivity index (χ0n) is 17.5. The summed E-state index contributed by atoms with van der Waals surface area (Å²) in [5.41, 5.74) is 2.42. The SMILES string of the molecule is COc1ccc2c(Oc3ccc(C=O)cc3)c(-c3ccc(OC)c(OC)c3)ccc2c1. The molecule has 0 aliphatic rings. The molecular formula is C26H22O5. The smallest absolute Gasteiger partial charge is 0.161 e. The van der Waals surface area contributed by atoms with E-state index in [9.17, 15) is 4.79 Å². The van der Waals surface area contributed by atoms with Crippen LogP contribution in [0.3, 0.4) is 0 Å². The predicted molar refractivity (Wildman–Crippen MR) is 121 cm³/mol. The van der Waals surface area contributed by atoms with Gasteiger partial charge in [-0.3, -0.25) is 4.79 Å². The number of carbonyl (C=O) groups is 1. The van der Waals surface area contributed by atoms with Crippen LogP contribution in [0.5, 0.6) is 28.7 Å². The third kappa shape index (κ3) is 4.03. The van der Waals surface area contributed by atoms with E-state index >= 15 is 0 Å². The van der Waals surface area contributed by atoms with Crippen molar-refractivity contribution in [3.8, 4) is 39.9 Å². The summed E-state index contributed by atoms with van der Waals surface area (Å²) in [4.78, 5) is 11.0. The first-order valence-electron chi connectivity index (χ1n) is 9.73. The van der Waals surface area contributed by atoms with Crippen LogP contribution < -0.4 is 18.9 Å². The molecule has 0 aliphatic carbocycles. The average molecular weight is 414 g/mol. The molecule has 0 amide bonds. The van der Waals surface area contributed by atoms with Crippen LogP contribution in [0.1, 0.15) is 10.4 Å². The van der Waals surface area contributed by atoms with Crippen molar-refractivity contribution in [3.05, 3.63) is 78.4 Å². The number of hydrogen-bond acceptors (Lipinski definition) is 5. The Morgan fingerprint density at radius 1 is 0.677 bits per heavy atom. The van der Waals surface area contributed by atoms with Crippen LogP contribution in [-0.2, 0) is 0 Å². The number of carbonyl (C=O) groups excluding carboxylic acids is 1. The summed E-state index contributed by atoms with van der Waals surface area (Å²) in [6.07, 6.45) is 0.809. The highest BCUT2D eigenvalue weighted by atomic mass is 16.5. The second-order valence-electron chi connectivity index (χ2n) is 6.89. The Morgan fingerprint density at radius 3 is 2.10 bits per heavy atom. The molecule has 0 saturated heterocycles. The molecule has 0 radical (unpaired) electrons. The van der Waals surface area contributed by atoms with Gasteiger partial charge in [0.1, 0.15) is 23.5 Å². The van der Waals surface area contributed by atoms with E-state index in [1.54, 1.807) is 45.6 Å². The minimum absolute atomic E-state index is 0.593. The fraction of sp³-hybridized carbons (Fsp3) is 0.115. The topological polar surface area (TPSA) is 54.0 Å². The molecule has 0 bridgehead atoms. The summed E-state index contributed by atoms with van der Waals surface area (Å²) in [6.45, 7) is 0. The molecule has 0 unspecified atom stereocenters. The van der Waals surface area contributed by atoms with Crippen molar-refractivity contribution < 1.29 is 23.7 Å². The molecule has 31 heavy (non-hydrogen) atoms. The van der Waals surface area contributed by atoms with Crippen molar-refractivity contribution in [3.63, 3.8) is 0 Å². The molecule has 0 aromatic heterocycles. The van der Waals surface area contributed by atoms with E-state index in [0.29, 0.717) is 28.6 Å². The van der Waals surface area contributed by atoms with E-state index in [1.165, 1.54) is 0 Å². The number of fused-ring (bicyclic) bond motifs is 1. The van der Waals surface area contributed by atoms with Gasteiger partial charge >= 0.3 is 0 Å². The first-order chi connectivity index (χ1) is 15.2. The Balaban J connectivity index is 1.89. The summed E-state index contributed by atoms with van der Waals surface area (Å²) >= 11 is 0. The maximum absolute atomic E-state index is 11.0. The predicted octanol–water partition coefficient (Wildman–Crippen LogP) is 6.14. The number of ether oxygens (including phenoxy) is 4. The summed E-state index contributed by atoms with van der Waals surface area (Å²) < 4.78 is 22.6. The molecule has 4 aromatic rings. The molecule has 0 saturated carbocycles. The molecule has 4 aromatic carbocycles. The van der Waals surface area contributed by atoms with Gasteiger partial charge in [0.05, 0.1) is 21.3 Å². The highest BCUT2D eigenvalue weighted by Gasteiger charge is 2.15. The molecule has 0 atom stereocenters. The van der Waals surface area contributed by atoms with Crippen molar-refractivity contribution in [2.45, 2.75) is 0 Å². The van der Waals surface area contributed by atoms with E-state index in [0.717, 1.165) is 33.9 Å². The zero-order valence-corrected chi connectivity index (χ0v) is 17.5. The quantitative estimate of drug-likeness (QED) is 0.340. The normalized spacial score (nSPS) is 10.5. The number of methoxy groups -OCH3 is 3. The highest BCUT2D eigenvalue weighted by molar-refractivity contribution is 5.96. The summed E-state index contributed by atoms with van der Waals surface area (Å²) in [5.74, 6) is 3.40. The van der Waals surface area contributed by atoms with Crippen molar-refractivity contribution in [2.24, 2.45) is 0 Å². The minimum Gasteiger partial charge on any atom is -0.497 e. The van der Waals surface area contributed by atoms with Crippen LogP contribution in [0.25, 0.3) is 21.9 Å². The standard InChI is InChI=1S/C26H22O5/c1-28-21-10-12-23-18(14-21)6-11-22(19-7-13-24(29-2)25(15-19)30-3)26(23)31-20-8-4-17(16-27)5-9-20/h4-16H,1-3H3. The molecule has 0 aliphatic heterocycles. The Morgan fingerprint density at radius 2 is 1.42 bits per heavy atom. The van der Waals surface area contributed by atoms with Gasteiger partial charge in [-0.15, -0.1) is 0 Å². The molecule has 5 heteroatoms. The van der Waals surface area contributed by atoms with Crippen LogP contribution in [0.2, 0.25) is 0 Å². The lowest BCUT2D eigenvalue weighted by Crippen LogP contribution is -1.94. The largest absolute Gasteiger partial charge is 0.497 e. The molecule has 0 heterocycles. The average Bonchev–Trinajstić information content (AvgIpc) is 2.83. The Hall–Kier alpha value is -3.99. The maximum Gasteiger partial charge on any atom is 0.161 e. The van der Waals surface area contributed by atoms with E-state index < -0.39 is 0 Å². The Labute approximate surface area is 180 Å². The second kappa shape index (κ2) is 8.79. The van der Waals surface area contributed by atoms with E-state index in [1.807, 2.05) is 48.5 Å². The molecule has 4 rings (SSSR count). The van der Waals surface area contributed by atoms with Gasteiger partial charge in [0.15, 0.2) is 11.5 Å². The van der Waals surface area contributed by atoms with Crippen LogP contribution >= 0.6 is 0 Å². The summed E-state index contributed by atoms with van der Waals surface area (Å²) in [5, 5.41) is 1.93. The lowest BCUT2D eigenvalue weighted by Gasteiger charge is -2.16. The van der Waals surface area contributed by atoms with Crippen molar-refractivity contribution in [1.82, 2.24) is 0 Å². The number of benzene rings is 4. The fourth-order valence-corrected chi connectivity index (χ4v) is 3.48. The van der Waals surface area contributed by atoms with Crippen LogP contribution in [0.4, 0.5) is 0 Å². The first kappa shape index (κ1) is 20.3. The van der Waals surface area contributed by atoms with Gasteiger partial charge in [0.25, 0.3) is 0 Å². The molecule has 5 nitrogen and oxygen atoms in total. The number of hydrogen-bond donors (Lipinski definition) is 0. The molecule has 0 spiro atoms. The van der Waals surface area contributed by atoms with Gasteiger partial charge in [0.2, 0.25) is 0 Å². The van der Waals surface area contributed by atoms with Crippen LogP contribution in [-0.4, -0.2) is 27.6 Å². The van der Waals surface area contributed by atoms with E-state index in [-0.39, 0.29) is 0 Å². The Kier molecular flexibility index (Phi) is 5.76. The third-order valence-corrected chi connectivity index (χ3v) is 5.11. The summed E-state index contributed by atoms with van der Waals surface area (Å²) in [7, 11) is 4.87. The van der Waals surface area contributed by atoms with E-state index in [4.69, 9.17) is 18.9 Å². The van der Waals surface area contributed by atoms with Gasteiger partial charge in [-0.2, -0.15) is 0 Å². The maximum atomic E-state index is 11.0. The van der Waals surface area contributed by atoms with Crippen molar-refractivity contribution in [2.75, 3.05) is 21.3 Å². The van der Waals surface area contributed by atoms with Gasteiger partial charge in [-0.25, -0.2) is 0 Å². The monoisotopic (exact) mass is 414 g/mol. The lowest BCUT2D eigenvalue weighted by atomic mass is 9.99. The lowest BCUT2D eigenvalue weighted by molar-refractivity contribution is 0.112. The fourth-order valence-electron chi connectivity index (χ4n) is 3.48. The molecular weight excluding hydrogens is 392 g/mol. The van der Waals surface area contributed by atoms with Crippen LogP contribution in [0, 0.1) is 0 Å². The molecule has 0 N–H and O–H groups in total. The van der Waals surface area contributed by atoms with Gasteiger partial charge in [-0.05, 0) is 71.6 Å². The van der Waals surface area contributed by atoms with Gasteiger partial charge in [-0.1, -0.05) is 12.1 Å². The Bertz CT molecular complexity index is 1230. The van der Waals surface area contributed by atoms with E-state index in [2.05, 4.69) is 0 Å². The number of aldehydes is 1. The van der Waals surface area contributed by atoms with Crippen molar-refractivity contribution in [1.29, 1.82) is 0 Å². The molecule has 156 valence electrons. The van der Waals surface area contributed by atoms with Gasteiger partial charge in [0, 0.05) is 16.5 Å². The first-order valence-corrected chi connectivity index (χ1v) is 9.73. The summed E-state index contributed by atoms with van der Waals surface area (Å²) in [6, 6.07) is 22.7. The minimum atomic E-state index is 0.593. The highest BCUT2D eigenvalue weighted by Crippen LogP contribution is 2.42. The third-order valence-electron chi connectivity index (χ3n) is 5.11. The number of rotatable bonds is 7. The van der Waals surface area contributed by atoms with Crippen molar-refractivity contribution >= 4 is 17.1 Å². The molecule has 0 fully saturated rings. The van der Waals surface area contributed by atoms with Gasteiger partial charge < -0.3 is 18.9 Å². The second-order valence-corrected chi connectivity index (χ2v) is 6.89. The zero-order chi connectivity index (χ0) is 21.8. The van der Waals surface area contributed by atoms with Crippen LogP contribution in [0.15, 0.2) is 72.8 Å².